The maximum Gasteiger partial charge on any atom is 0.248 e. The molecule has 14 heavy (non-hydrogen) atoms. The number of carbonyl (C=O) groups excluding carboxylic acids is 1. The lowest BCUT2D eigenvalue weighted by molar-refractivity contribution is 0.100. The molecule has 1 atom stereocenters. The van der Waals surface area contributed by atoms with Gasteiger partial charge in [0, 0.05) is 5.56 Å². The Labute approximate surface area is 82.9 Å². The van der Waals surface area contributed by atoms with Crippen molar-refractivity contribution in [1.82, 2.24) is 0 Å². The Morgan fingerprint density at radius 1 is 1.50 bits per heavy atom. The molecule has 1 aromatic rings. The average Bonchev–Trinajstić information content (AvgIpc) is 2.18. The monoisotopic (exact) mass is 189 g/mol. The van der Waals surface area contributed by atoms with E-state index in [0.717, 1.165) is 0 Å². The highest BCUT2D eigenvalue weighted by Gasteiger charge is 2.02. The van der Waals surface area contributed by atoms with Crippen LogP contribution < -0.4 is 10.5 Å². The van der Waals surface area contributed by atoms with Crippen molar-refractivity contribution in [1.29, 1.82) is 0 Å². The summed E-state index contributed by atoms with van der Waals surface area (Å²) >= 11 is 0. The van der Waals surface area contributed by atoms with E-state index in [9.17, 15) is 4.79 Å². The van der Waals surface area contributed by atoms with Gasteiger partial charge in [-0.1, -0.05) is 5.92 Å². The summed E-state index contributed by atoms with van der Waals surface area (Å²) in [6.07, 6.45) is 4.87. The first-order valence-corrected chi connectivity index (χ1v) is 4.16. The zero-order valence-electron chi connectivity index (χ0n) is 7.86. The van der Waals surface area contributed by atoms with Gasteiger partial charge >= 0.3 is 0 Å². The topological polar surface area (TPSA) is 52.3 Å². The van der Waals surface area contributed by atoms with E-state index in [0.29, 0.717) is 11.3 Å². The van der Waals surface area contributed by atoms with Crippen LogP contribution >= 0.6 is 0 Å². The van der Waals surface area contributed by atoms with Crippen molar-refractivity contribution in [2.75, 3.05) is 0 Å². The molecule has 0 saturated carbocycles. The molecule has 0 bridgehead atoms. The summed E-state index contributed by atoms with van der Waals surface area (Å²) < 4.78 is 5.31. The van der Waals surface area contributed by atoms with Crippen molar-refractivity contribution < 1.29 is 9.53 Å². The summed E-state index contributed by atoms with van der Waals surface area (Å²) in [5.74, 6) is 2.61. The summed E-state index contributed by atoms with van der Waals surface area (Å²) in [5.41, 5.74) is 5.53. The Hall–Kier alpha value is -1.95. The maximum absolute atomic E-state index is 10.7. The van der Waals surface area contributed by atoms with E-state index in [1.165, 1.54) is 0 Å². The van der Waals surface area contributed by atoms with Crippen LogP contribution in [0, 0.1) is 12.3 Å². The zero-order chi connectivity index (χ0) is 10.6. The number of hydrogen-bond acceptors (Lipinski definition) is 2. The van der Waals surface area contributed by atoms with Crippen molar-refractivity contribution in [3.63, 3.8) is 0 Å². The molecule has 0 aromatic heterocycles. The molecule has 72 valence electrons. The number of terminal acetylenes is 1. The van der Waals surface area contributed by atoms with E-state index >= 15 is 0 Å². The number of primary amides is 1. The minimum atomic E-state index is -0.457. The molecule has 0 aliphatic rings. The fourth-order valence-electron chi connectivity index (χ4n) is 0.936. The molecule has 0 heterocycles. The van der Waals surface area contributed by atoms with E-state index in [1.54, 1.807) is 31.2 Å². The lowest BCUT2D eigenvalue weighted by Crippen LogP contribution is -2.11. The van der Waals surface area contributed by atoms with Gasteiger partial charge in [0.15, 0.2) is 6.10 Å². The third-order valence-corrected chi connectivity index (χ3v) is 1.69. The van der Waals surface area contributed by atoms with E-state index in [-0.39, 0.29) is 6.10 Å². The normalized spacial score (nSPS) is 11.4. The molecule has 3 heteroatoms. The molecular formula is C11H11NO2. The molecule has 2 N–H and O–H groups in total. The quantitative estimate of drug-likeness (QED) is 0.726. The second-order valence-electron chi connectivity index (χ2n) is 2.82. The first-order chi connectivity index (χ1) is 6.63. The molecule has 0 radical (unpaired) electrons. The van der Waals surface area contributed by atoms with Gasteiger partial charge < -0.3 is 10.5 Å². The third kappa shape index (κ3) is 2.53. The van der Waals surface area contributed by atoms with Crippen molar-refractivity contribution in [3.05, 3.63) is 29.8 Å². The van der Waals surface area contributed by atoms with Crippen molar-refractivity contribution in [3.8, 4) is 18.1 Å². The van der Waals surface area contributed by atoms with Crippen LogP contribution in [0.25, 0.3) is 0 Å². The number of carbonyl (C=O) groups is 1. The van der Waals surface area contributed by atoms with Gasteiger partial charge in [-0.05, 0) is 31.2 Å². The summed E-state index contributed by atoms with van der Waals surface area (Å²) in [7, 11) is 0. The fraction of sp³-hybridized carbons (Fsp3) is 0.182. The van der Waals surface area contributed by atoms with Crippen LogP contribution in [0.3, 0.4) is 0 Å². The molecule has 1 aromatic carbocycles. The Bertz CT molecular complexity index is 362. The van der Waals surface area contributed by atoms with Crippen LogP contribution in [0.5, 0.6) is 5.75 Å². The minimum Gasteiger partial charge on any atom is -0.478 e. The van der Waals surface area contributed by atoms with Gasteiger partial charge in [0.2, 0.25) is 5.91 Å². The molecule has 0 aliphatic heterocycles. The first-order valence-electron chi connectivity index (χ1n) is 4.16. The van der Waals surface area contributed by atoms with E-state index < -0.39 is 5.91 Å². The smallest absolute Gasteiger partial charge is 0.248 e. The van der Waals surface area contributed by atoms with Crippen LogP contribution in [0.15, 0.2) is 24.3 Å². The lowest BCUT2D eigenvalue weighted by atomic mass is 10.2. The largest absolute Gasteiger partial charge is 0.478 e. The molecule has 0 saturated heterocycles. The third-order valence-electron chi connectivity index (χ3n) is 1.69. The minimum absolute atomic E-state index is 0.283. The summed E-state index contributed by atoms with van der Waals surface area (Å²) in [6.45, 7) is 1.77. The molecule has 1 rings (SSSR count). The van der Waals surface area contributed by atoms with Gasteiger partial charge in [-0.3, -0.25) is 4.79 Å². The number of benzene rings is 1. The molecule has 1 amide bonds. The maximum atomic E-state index is 10.7. The van der Waals surface area contributed by atoms with Gasteiger partial charge in [-0.15, -0.1) is 6.42 Å². The first kappa shape index (κ1) is 10.1. The van der Waals surface area contributed by atoms with Gasteiger partial charge in [0.1, 0.15) is 5.75 Å². The van der Waals surface area contributed by atoms with Crippen LogP contribution in [0.4, 0.5) is 0 Å². The molecule has 0 unspecified atom stereocenters. The highest BCUT2D eigenvalue weighted by Crippen LogP contribution is 2.13. The van der Waals surface area contributed by atoms with Gasteiger partial charge in [0.25, 0.3) is 0 Å². The Balaban J connectivity index is 2.75. The Morgan fingerprint density at radius 2 is 2.07 bits per heavy atom. The van der Waals surface area contributed by atoms with E-state index in [2.05, 4.69) is 5.92 Å². The number of amides is 1. The van der Waals surface area contributed by atoms with Crippen LogP contribution in [-0.2, 0) is 0 Å². The average molecular weight is 189 g/mol. The number of rotatable bonds is 3. The molecule has 0 aliphatic carbocycles. The SMILES string of the molecule is C#C[C@H](C)Oc1ccc(C(N)=O)cc1. The predicted molar refractivity (Wildman–Crippen MR) is 53.9 cm³/mol. The summed E-state index contributed by atoms with van der Waals surface area (Å²) in [5, 5.41) is 0. The standard InChI is InChI=1S/C11H11NO2/c1-3-8(2)14-10-6-4-9(5-7-10)11(12)13/h1,4-8H,2H3,(H2,12,13)/t8-/m0/s1. The van der Waals surface area contributed by atoms with Gasteiger partial charge in [0.05, 0.1) is 0 Å². The van der Waals surface area contributed by atoms with Gasteiger partial charge in [-0.2, -0.15) is 0 Å². The molecule has 3 nitrogen and oxygen atoms in total. The highest BCUT2D eigenvalue weighted by molar-refractivity contribution is 5.92. The molecule has 0 fully saturated rings. The Kier molecular flexibility index (Phi) is 3.14. The number of ether oxygens (including phenoxy) is 1. The van der Waals surface area contributed by atoms with Crippen LogP contribution in [0.2, 0.25) is 0 Å². The number of nitrogens with two attached hydrogens (primary N) is 1. The van der Waals surface area contributed by atoms with E-state index in [1.807, 2.05) is 0 Å². The summed E-state index contributed by atoms with van der Waals surface area (Å²) in [6, 6.07) is 6.52. The second kappa shape index (κ2) is 4.33. The van der Waals surface area contributed by atoms with Gasteiger partial charge in [-0.25, -0.2) is 0 Å². The Morgan fingerprint density at radius 3 is 2.50 bits per heavy atom. The fourth-order valence-corrected chi connectivity index (χ4v) is 0.936. The van der Waals surface area contributed by atoms with Crippen molar-refractivity contribution >= 4 is 5.91 Å². The predicted octanol–water partition coefficient (Wildman–Crippen LogP) is 1.19. The lowest BCUT2D eigenvalue weighted by Gasteiger charge is -2.08. The van der Waals surface area contributed by atoms with Crippen molar-refractivity contribution in [2.45, 2.75) is 13.0 Å². The van der Waals surface area contributed by atoms with Crippen molar-refractivity contribution in [2.24, 2.45) is 5.73 Å². The van der Waals surface area contributed by atoms with Crippen LogP contribution in [-0.4, -0.2) is 12.0 Å². The number of hydrogen-bond donors (Lipinski definition) is 1. The molecule has 0 spiro atoms. The summed E-state index contributed by atoms with van der Waals surface area (Å²) in [4.78, 5) is 10.7. The second-order valence-corrected chi connectivity index (χ2v) is 2.82. The zero-order valence-corrected chi connectivity index (χ0v) is 7.86. The van der Waals surface area contributed by atoms with E-state index in [4.69, 9.17) is 16.9 Å². The highest BCUT2D eigenvalue weighted by atomic mass is 16.5. The molecular weight excluding hydrogens is 178 g/mol. The van der Waals surface area contributed by atoms with Crippen LogP contribution in [0.1, 0.15) is 17.3 Å².